The molecule has 7 nitrogen and oxygen atoms in total. The van der Waals surface area contributed by atoms with E-state index in [4.69, 9.17) is 9.15 Å². The minimum absolute atomic E-state index is 0.0282. The van der Waals surface area contributed by atoms with E-state index in [1.54, 1.807) is 30.3 Å². The largest absolute Gasteiger partial charge is 0.424 e. The Bertz CT molecular complexity index is 1490. The summed E-state index contributed by atoms with van der Waals surface area (Å²) in [6, 6.07) is 23.6. The van der Waals surface area contributed by atoms with E-state index in [1.807, 2.05) is 42.5 Å². The number of carbonyl (C=O) groups excluding carboxylic acids is 2. The van der Waals surface area contributed by atoms with Gasteiger partial charge in [0.25, 0.3) is 0 Å². The quantitative estimate of drug-likeness (QED) is 0.146. The highest BCUT2D eigenvalue weighted by Crippen LogP contribution is 2.36. The fraction of sp³-hybridized carbons (Fsp3) is 0.115. The molecule has 1 atom stereocenters. The SMILES string of the molecule is CC(=O)C1(N=Nc2cc3ccccc3oc2=O)Cc2cc(-c3ccccc3)ccc2OC1=O. The fourth-order valence-corrected chi connectivity index (χ4v) is 3.83. The molecule has 7 heteroatoms. The van der Waals surface area contributed by atoms with Crippen molar-refractivity contribution in [1.29, 1.82) is 0 Å². The number of azo groups is 1. The highest BCUT2D eigenvalue weighted by molar-refractivity contribution is 6.09. The van der Waals surface area contributed by atoms with Gasteiger partial charge in [-0.25, -0.2) is 9.59 Å². The minimum atomic E-state index is -1.89. The van der Waals surface area contributed by atoms with Crippen LogP contribution in [0.2, 0.25) is 0 Å². The average Bonchev–Trinajstić information content (AvgIpc) is 2.83. The summed E-state index contributed by atoms with van der Waals surface area (Å²) in [5.41, 5.74) is 0.245. The molecule has 1 aromatic heterocycles. The lowest BCUT2D eigenvalue weighted by molar-refractivity contribution is -0.146. The number of ether oxygens (including phenoxy) is 1. The van der Waals surface area contributed by atoms with E-state index in [0.717, 1.165) is 11.1 Å². The second-order valence-electron chi connectivity index (χ2n) is 7.83. The Morgan fingerprint density at radius 3 is 2.45 bits per heavy atom. The highest BCUT2D eigenvalue weighted by atomic mass is 16.5. The van der Waals surface area contributed by atoms with E-state index in [9.17, 15) is 14.4 Å². The summed E-state index contributed by atoms with van der Waals surface area (Å²) in [7, 11) is 0. The number of hydrogen-bond donors (Lipinski definition) is 0. The third kappa shape index (κ3) is 3.63. The Hall–Kier alpha value is -4.39. The van der Waals surface area contributed by atoms with Crippen molar-refractivity contribution in [3.05, 3.63) is 94.8 Å². The molecule has 0 amide bonds. The summed E-state index contributed by atoms with van der Waals surface area (Å²) >= 11 is 0. The Balaban J connectivity index is 1.56. The molecule has 162 valence electrons. The van der Waals surface area contributed by atoms with Crippen molar-refractivity contribution in [3.8, 4) is 16.9 Å². The molecule has 33 heavy (non-hydrogen) atoms. The molecule has 3 aromatic carbocycles. The first kappa shape index (κ1) is 20.5. The Morgan fingerprint density at radius 1 is 0.909 bits per heavy atom. The van der Waals surface area contributed by atoms with E-state index in [0.29, 0.717) is 22.3 Å². The van der Waals surface area contributed by atoms with Gasteiger partial charge in [0.2, 0.25) is 5.54 Å². The molecule has 0 saturated heterocycles. The van der Waals surface area contributed by atoms with Gasteiger partial charge in [0.05, 0.1) is 0 Å². The van der Waals surface area contributed by atoms with Gasteiger partial charge in [0, 0.05) is 11.8 Å². The zero-order chi connectivity index (χ0) is 23.0. The normalized spacial score (nSPS) is 17.7. The first-order valence-electron chi connectivity index (χ1n) is 10.3. The third-order valence-corrected chi connectivity index (χ3v) is 5.69. The van der Waals surface area contributed by atoms with Crippen LogP contribution in [0.5, 0.6) is 5.75 Å². The predicted molar refractivity (Wildman–Crippen MR) is 122 cm³/mol. The van der Waals surface area contributed by atoms with Crippen molar-refractivity contribution >= 4 is 28.4 Å². The second-order valence-corrected chi connectivity index (χ2v) is 7.83. The number of esters is 1. The Kier molecular flexibility index (Phi) is 4.94. The molecule has 0 N–H and O–H groups in total. The molecule has 1 aliphatic heterocycles. The number of nitrogens with zero attached hydrogens (tertiary/aromatic N) is 2. The first-order valence-corrected chi connectivity index (χ1v) is 10.3. The van der Waals surface area contributed by atoms with Crippen LogP contribution in [-0.2, 0) is 16.0 Å². The standard InChI is InChI=1S/C26H18N2O5/c1-16(29)26(28-27-21-14-19-9-5-6-10-22(19)32-24(21)30)15-20-13-18(17-7-3-2-4-8-17)11-12-23(20)33-25(26)31/h2-14H,15H2,1H3. The molecule has 0 radical (unpaired) electrons. The van der Waals surface area contributed by atoms with Crippen LogP contribution in [0.4, 0.5) is 5.69 Å². The maximum absolute atomic E-state index is 12.9. The van der Waals surface area contributed by atoms with Gasteiger partial charge in [-0.15, -0.1) is 5.11 Å². The summed E-state index contributed by atoms with van der Waals surface area (Å²) in [5, 5.41) is 8.69. The summed E-state index contributed by atoms with van der Waals surface area (Å²) < 4.78 is 10.7. The minimum Gasteiger partial charge on any atom is -0.424 e. The van der Waals surface area contributed by atoms with Gasteiger partial charge in [-0.05, 0) is 47.9 Å². The van der Waals surface area contributed by atoms with Crippen LogP contribution in [0, 0.1) is 0 Å². The molecule has 5 rings (SSSR count). The number of ketones is 1. The lowest BCUT2D eigenvalue weighted by atomic mass is 9.84. The van der Waals surface area contributed by atoms with Crippen LogP contribution in [0.25, 0.3) is 22.1 Å². The van der Waals surface area contributed by atoms with Crippen molar-refractivity contribution in [2.45, 2.75) is 18.9 Å². The van der Waals surface area contributed by atoms with Crippen LogP contribution in [0.3, 0.4) is 0 Å². The van der Waals surface area contributed by atoms with E-state index in [2.05, 4.69) is 10.2 Å². The maximum atomic E-state index is 12.9. The van der Waals surface area contributed by atoms with Gasteiger partial charge in [0.1, 0.15) is 11.3 Å². The summed E-state index contributed by atoms with van der Waals surface area (Å²) in [4.78, 5) is 37.9. The summed E-state index contributed by atoms with van der Waals surface area (Å²) in [6.45, 7) is 1.26. The van der Waals surface area contributed by atoms with Gasteiger partial charge >= 0.3 is 11.6 Å². The zero-order valence-corrected chi connectivity index (χ0v) is 17.6. The van der Waals surface area contributed by atoms with E-state index in [1.165, 1.54) is 13.0 Å². The number of hydrogen-bond acceptors (Lipinski definition) is 7. The van der Waals surface area contributed by atoms with Crippen molar-refractivity contribution < 1.29 is 18.7 Å². The fourth-order valence-electron chi connectivity index (χ4n) is 3.83. The molecule has 1 aliphatic rings. The van der Waals surface area contributed by atoms with E-state index < -0.39 is 22.9 Å². The van der Waals surface area contributed by atoms with Gasteiger partial charge < -0.3 is 9.15 Å². The van der Waals surface area contributed by atoms with Crippen LogP contribution in [-0.4, -0.2) is 17.3 Å². The molecule has 0 fully saturated rings. The number of para-hydroxylation sites is 1. The monoisotopic (exact) mass is 438 g/mol. The number of carbonyl (C=O) groups is 2. The van der Waals surface area contributed by atoms with E-state index in [-0.39, 0.29) is 12.1 Å². The maximum Gasteiger partial charge on any atom is 0.364 e. The van der Waals surface area contributed by atoms with Crippen LogP contribution >= 0.6 is 0 Å². The molecule has 1 unspecified atom stereocenters. The second kappa shape index (κ2) is 7.94. The molecule has 0 spiro atoms. The lowest BCUT2D eigenvalue weighted by Crippen LogP contribution is -2.50. The molecule has 4 aromatic rings. The summed E-state index contributed by atoms with van der Waals surface area (Å²) in [5.74, 6) is -0.988. The highest BCUT2D eigenvalue weighted by Gasteiger charge is 2.49. The third-order valence-electron chi connectivity index (χ3n) is 5.69. The predicted octanol–water partition coefficient (Wildman–Crippen LogP) is 5.03. The molecule has 2 heterocycles. The van der Waals surface area contributed by atoms with Gasteiger partial charge in [-0.3, -0.25) is 4.79 Å². The number of Topliss-reactive ketones (excluding diaryl/α,β-unsaturated/α-hetero) is 1. The van der Waals surface area contributed by atoms with Crippen molar-refractivity contribution in [3.63, 3.8) is 0 Å². The molecular formula is C26H18N2O5. The lowest BCUT2D eigenvalue weighted by Gasteiger charge is -2.29. The van der Waals surface area contributed by atoms with Gasteiger partial charge in [-0.1, -0.05) is 54.6 Å². The Morgan fingerprint density at radius 2 is 1.67 bits per heavy atom. The summed E-state index contributed by atoms with van der Waals surface area (Å²) in [6.07, 6.45) is -0.0282. The Labute approximate surface area is 188 Å². The molecule has 0 saturated carbocycles. The number of fused-ring (bicyclic) bond motifs is 2. The number of benzene rings is 3. The zero-order valence-electron chi connectivity index (χ0n) is 17.6. The first-order chi connectivity index (χ1) is 16.0. The van der Waals surface area contributed by atoms with Crippen molar-refractivity contribution in [2.24, 2.45) is 10.2 Å². The van der Waals surface area contributed by atoms with Crippen molar-refractivity contribution in [2.75, 3.05) is 0 Å². The van der Waals surface area contributed by atoms with Crippen LogP contribution < -0.4 is 10.4 Å². The molecule has 0 bridgehead atoms. The average molecular weight is 438 g/mol. The van der Waals surface area contributed by atoms with Gasteiger partial charge in [0.15, 0.2) is 11.5 Å². The number of rotatable bonds is 4. The van der Waals surface area contributed by atoms with Crippen molar-refractivity contribution in [1.82, 2.24) is 0 Å². The molecular weight excluding hydrogens is 420 g/mol. The van der Waals surface area contributed by atoms with Crippen LogP contribution in [0.15, 0.2) is 98.3 Å². The molecule has 0 aliphatic carbocycles. The smallest absolute Gasteiger partial charge is 0.364 e. The van der Waals surface area contributed by atoms with Gasteiger partial charge in [-0.2, -0.15) is 5.11 Å². The van der Waals surface area contributed by atoms with E-state index >= 15 is 0 Å². The topological polar surface area (TPSA) is 98.3 Å². The van der Waals surface area contributed by atoms with Crippen LogP contribution in [0.1, 0.15) is 12.5 Å².